The minimum atomic E-state index is -3.47. The molecule has 2 rings (SSSR count). The molecule has 1 unspecified atom stereocenters. The predicted octanol–water partition coefficient (Wildman–Crippen LogP) is 3.86. The van der Waals surface area contributed by atoms with Gasteiger partial charge in [-0.25, -0.2) is 13.1 Å². The highest BCUT2D eigenvalue weighted by Crippen LogP contribution is 2.31. The van der Waals surface area contributed by atoms with Crippen molar-refractivity contribution in [3.05, 3.63) is 51.3 Å². The highest BCUT2D eigenvalue weighted by Gasteiger charge is 2.21. The van der Waals surface area contributed by atoms with Gasteiger partial charge < -0.3 is 0 Å². The van der Waals surface area contributed by atoms with Crippen molar-refractivity contribution in [2.75, 3.05) is 0 Å². The van der Waals surface area contributed by atoms with Crippen LogP contribution in [0.15, 0.2) is 44.4 Å². The first-order valence-corrected chi connectivity index (χ1v) is 8.82. The number of thiophene rings is 1. The maximum atomic E-state index is 12.3. The first-order chi connectivity index (χ1) is 8.90. The first-order valence-electron chi connectivity index (χ1n) is 5.73. The van der Waals surface area contributed by atoms with Crippen molar-refractivity contribution in [1.82, 2.24) is 4.72 Å². The van der Waals surface area contributed by atoms with Gasteiger partial charge in [-0.2, -0.15) is 0 Å². The van der Waals surface area contributed by atoms with Crippen molar-refractivity contribution in [3.8, 4) is 0 Å². The maximum absolute atomic E-state index is 12.3. The maximum Gasteiger partial charge on any atom is 0.250 e. The van der Waals surface area contributed by atoms with Crippen molar-refractivity contribution in [1.29, 1.82) is 0 Å². The summed E-state index contributed by atoms with van der Waals surface area (Å²) in [6.45, 7) is 3.71. The van der Waals surface area contributed by atoms with Crippen LogP contribution in [0.5, 0.6) is 0 Å². The van der Waals surface area contributed by atoms with E-state index in [4.69, 9.17) is 0 Å². The third-order valence-electron chi connectivity index (χ3n) is 2.73. The minimum absolute atomic E-state index is 0.257. The van der Waals surface area contributed by atoms with Gasteiger partial charge in [0, 0.05) is 6.04 Å². The molecule has 0 aliphatic heterocycles. The summed E-state index contributed by atoms with van der Waals surface area (Å²) in [4.78, 5) is 0. The summed E-state index contributed by atoms with van der Waals surface area (Å²) in [7, 11) is -3.47. The summed E-state index contributed by atoms with van der Waals surface area (Å²) >= 11 is 4.57. The van der Waals surface area contributed by atoms with Crippen molar-refractivity contribution < 1.29 is 8.42 Å². The average Bonchev–Trinajstić information content (AvgIpc) is 2.71. The van der Waals surface area contributed by atoms with E-state index in [1.54, 1.807) is 6.07 Å². The van der Waals surface area contributed by atoms with E-state index in [-0.39, 0.29) is 6.04 Å². The molecule has 6 heteroatoms. The number of halogens is 1. The number of benzene rings is 1. The summed E-state index contributed by atoms with van der Waals surface area (Å²) in [6, 6.07) is 10.9. The third-order valence-corrected chi connectivity index (χ3v) is 6.88. The molecule has 0 aliphatic rings. The lowest BCUT2D eigenvalue weighted by Crippen LogP contribution is -2.26. The van der Waals surface area contributed by atoms with Crippen LogP contribution in [-0.2, 0) is 10.0 Å². The molecule has 19 heavy (non-hydrogen) atoms. The predicted molar refractivity (Wildman–Crippen MR) is 81.9 cm³/mol. The number of rotatable bonds is 4. The van der Waals surface area contributed by atoms with Crippen LogP contribution in [0.4, 0.5) is 0 Å². The van der Waals surface area contributed by atoms with Crippen LogP contribution in [0.25, 0.3) is 0 Å². The zero-order chi connectivity index (χ0) is 14.0. The zero-order valence-corrected chi connectivity index (χ0v) is 13.8. The van der Waals surface area contributed by atoms with Crippen LogP contribution in [0.2, 0.25) is 0 Å². The average molecular weight is 360 g/mol. The first kappa shape index (κ1) is 14.7. The molecule has 102 valence electrons. The Bertz CT molecular complexity index is 646. The van der Waals surface area contributed by atoms with Gasteiger partial charge in [0.25, 0.3) is 10.0 Å². The van der Waals surface area contributed by atoms with Gasteiger partial charge in [-0.1, -0.05) is 30.3 Å². The molecule has 1 atom stereocenters. The molecule has 1 heterocycles. The normalized spacial score (nSPS) is 13.4. The van der Waals surface area contributed by atoms with Gasteiger partial charge in [0.2, 0.25) is 0 Å². The monoisotopic (exact) mass is 359 g/mol. The van der Waals surface area contributed by atoms with E-state index in [1.165, 1.54) is 11.3 Å². The lowest BCUT2D eigenvalue weighted by atomic mass is 10.1. The third kappa shape index (κ3) is 3.45. The summed E-state index contributed by atoms with van der Waals surface area (Å²) in [5.41, 5.74) is 1.87. The van der Waals surface area contributed by atoms with E-state index >= 15 is 0 Å². The van der Waals surface area contributed by atoms with Gasteiger partial charge in [-0.15, -0.1) is 11.3 Å². The molecular weight excluding hydrogens is 346 g/mol. The Morgan fingerprint density at radius 2 is 1.89 bits per heavy atom. The molecule has 0 saturated carbocycles. The number of hydrogen-bond acceptors (Lipinski definition) is 3. The molecule has 1 aromatic carbocycles. The van der Waals surface area contributed by atoms with Crippen molar-refractivity contribution in [3.63, 3.8) is 0 Å². The number of aryl methyl sites for hydroxylation is 1. The van der Waals surface area contributed by atoms with E-state index in [1.807, 2.05) is 44.2 Å². The van der Waals surface area contributed by atoms with E-state index < -0.39 is 10.0 Å². The number of sulfonamides is 1. The molecule has 1 N–H and O–H groups in total. The van der Waals surface area contributed by atoms with Crippen molar-refractivity contribution in [2.24, 2.45) is 0 Å². The molecular formula is C13H14BrNO2S2. The lowest BCUT2D eigenvalue weighted by Gasteiger charge is -2.13. The molecule has 0 spiro atoms. The molecule has 0 aliphatic carbocycles. The van der Waals surface area contributed by atoms with Gasteiger partial charge >= 0.3 is 0 Å². The summed E-state index contributed by atoms with van der Waals surface area (Å²) in [5, 5.41) is 0. The fourth-order valence-electron chi connectivity index (χ4n) is 1.66. The molecule has 2 aromatic rings. The van der Waals surface area contributed by atoms with Gasteiger partial charge in [-0.05, 0) is 47.0 Å². The summed E-state index contributed by atoms with van der Waals surface area (Å²) in [6.07, 6.45) is 0. The molecule has 0 bridgehead atoms. The van der Waals surface area contributed by atoms with Crippen LogP contribution >= 0.6 is 27.3 Å². The Kier molecular flexibility index (Phi) is 4.45. The molecule has 0 radical (unpaired) electrons. The highest BCUT2D eigenvalue weighted by molar-refractivity contribution is 9.11. The van der Waals surface area contributed by atoms with Crippen molar-refractivity contribution in [2.45, 2.75) is 24.1 Å². The lowest BCUT2D eigenvalue weighted by molar-refractivity contribution is 0.569. The highest BCUT2D eigenvalue weighted by atomic mass is 79.9. The topological polar surface area (TPSA) is 46.2 Å². The molecule has 0 saturated heterocycles. The summed E-state index contributed by atoms with van der Waals surface area (Å²) < 4.78 is 28.4. The van der Waals surface area contributed by atoms with Gasteiger partial charge in [0.1, 0.15) is 4.21 Å². The SMILES string of the molecule is Cc1cc(S(=O)(=O)NC(C)c2ccccc2)sc1Br. The van der Waals surface area contributed by atoms with Crippen LogP contribution in [0.1, 0.15) is 24.1 Å². The van der Waals surface area contributed by atoms with Gasteiger partial charge in [0.05, 0.1) is 3.79 Å². The fraction of sp³-hybridized carbons (Fsp3) is 0.231. The molecule has 3 nitrogen and oxygen atoms in total. The Balaban J connectivity index is 2.22. The number of nitrogens with one attached hydrogen (secondary N) is 1. The second-order valence-corrected chi connectivity index (χ2v) is 8.59. The Morgan fingerprint density at radius 1 is 1.26 bits per heavy atom. The fourth-order valence-corrected chi connectivity index (χ4v) is 5.14. The minimum Gasteiger partial charge on any atom is -0.206 e. The Hall–Kier alpha value is -0.690. The Morgan fingerprint density at radius 3 is 2.42 bits per heavy atom. The van der Waals surface area contributed by atoms with E-state index in [2.05, 4.69) is 20.7 Å². The summed E-state index contributed by atoms with van der Waals surface area (Å²) in [5.74, 6) is 0. The quantitative estimate of drug-likeness (QED) is 0.900. The van der Waals surface area contributed by atoms with Gasteiger partial charge in [-0.3, -0.25) is 0 Å². The number of hydrogen-bond donors (Lipinski definition) is 1. The molecule has 0 amide bonds. The van der Waals surface area contributed by atoms with Gasteiger partial charge in [0.15, 0.2) is 0 Å². The zero-order valence-electron chi connectivity index (χ0n) is 10.6. The standard InChI is InChI=1S/C13H14BrNO2S2/c1-9-8-12(18-13(9)14)19(16,17)15-10(2)11-6-4-3-5-7-11/h3-8,10,15H,1-2H3. The smallest absolute Gasteiger partial charge is 0.206 e. The Labute approximate surface area is 125 Å². The van der Waals surface area contributed by atoms with Crippen LogP contribution in [-0.4, -0.2) is 8.42 Å². The van der Waals surface area contributed by atoms with Crippen LogP contribution in [0.3, 0.4) is 0 Å². The van der Waals surface area contributed by atoms with Crippen LogP contribution in [0, 0.1) is 6.92 Å². The van der Waals surface area contributed by atoms with Crippen LogP contribution < -0.4 is 4.72 Å². The van der Waals surface area contributed by atoms with E-state index in [0.29, 0.717) is 4.21 Å². The van der Waals surface area contributed by atoms with Crippen molar-refractivity contribution >= 4 is 37.3 Å². The largest absolute Gasteiger partial charge is 0.250 e. The van der Waals surface area contributed by atoms with E-state index in [9.17, 15) is 8.42 Å². The molecule has 0 fully saturated rings. The van der Waals surface area contributed by atoms with E-state index in [0.717, 1.165) is 14.9 Å². The second-order valence-electron chi connectivity index (χ2n) is 4.28. The molecule has 1 aromatic heterocycles. The second kappa shape index (κ2) is 5.75.